The molecule has 0 unspecified atom stereocenters. The normalized spacial score (nSPS) is 13.9. The zero-order valence-corrected chi connectivity index (χ0v) is 17.1. The van der Waals surface area contributed by atoms with Crippen LogP contribution in [0.3, 0.4) is 0 Å². The van der Waals surface area contributed by atoms with Gasteiger partial charge in [-0.2, -0.15) is 0 Å². The van der Waals surface area contributed by atoms with Gasteiger partial charge in [0, 0.05) is 0 Å². The predicted molar refractivity (Wildman–Crippen MR) is 91.7 cm³/mol. The van der Waals surface area contributed by atoms with Crippen molar-refractivity contribution in [3.63, 3.8) is 0 Å². The summed E-state index contributed by atoms with van der Waals surface area (Å²) in [4.78, 5) is 0. The van der Waals surface area contributed by atoms with E-state index in [0.29, 0.717) is 0 Å². The van der Waals surface area contributed by atoms with E-state index in [4.69, 9.17) is 0 Å². The van der Waals surface area contributed by atoms with Gasteiger partial charge in [0.25, 0.3) is 0 Å². The second-order valence-corrected chi connectivity index (χ2v) is 9.92. The number of rotatable bonds is 0. The molecule has 0 amide bonds. The fourth-order valence-corrected chi connectivity index (χ4v) is 4.10. The Kier molecular flexibility index (Phi) is 3.80. The van der Waals surface area contributed by atoms with Gasteiger partial charge in [-0.15, -0.1) is 0 Å². The average molecular weight is 369 g/mol. The molecule has 1 heteroatoms. The molecular weight excluding hydrogens is 343 g/mol. The zero-order valence-electron chi connectivity index (χ0n) is 14.6. The fourth-order valence-electron chi connectivity index (χ4n) is 3.17. The van der Waals surface area contributed by atoms with Crippen LogP contribution in [0, 0.1) is 0 Å². The molecule has 0 radical (unpaired) electrons. The van der Waals surface area contributed by atoms with Gasteiger partial charge in [-0.3, -0.25) is 0 Å². The first-order chi connectivity index (χ1) is 10.1. The first kappa shape index (κ1) is 16.2. The van der Waals surface area contributed by atoms with Gasteiger partial charge >= 0.3 is 150 Å². The van der Waals surface area contributed by atoms with Crippen molar-refractivity contribution in [2.24, 2.45) is 0 Å². The summed E-state index contributed by atoms with van der Waals surface area (Å²) >= 11 is 1.53. The quantitative estimate of drug-likeness (QED) is 0.522. The van der Waals surface area contributed by atoms with E-state index in [1.165, 1.54) is 55.8 Å². The Bertz CT molecular complexity index is 740. The number of benzene rings is 2. The molecule has 113 valence electrons. The van der Waals surface area contributed by atoms with Crippen molar-refractivity contribution in [2.45, 2.75) is 58.8 Å². The molecule has 0 heterocycles. The van der Waals surface area contributed by atoms with Gasteiger partial charge in [0.2, 0.25) is 0 Å². The van der Waals surface area contributed by atoms with Gasteiger partial charge in [0.15, 0.2) is 0 Å². The molecule has 0 aliphatic heterocycles. The predicted octanol–water partition coefficient (Wildman–Crippen LogP) is 5.02. The van der Waals surface area contributed by atoms with Gasteiger partial charge < -0.3 is 0 Å². The second kappa shape index (κ2) is 5.17. The monoisotopic (exact) mass is 367 g/mol. The number of hydrogen-bond donors (Lipinski definition) is 0. The summed E-state index contributed by atoms with van der Waals surface area (Å²) in [5.74, 6) is 0. The molecule has 1 aliphatic rings. The van der Waals surface area contributed by atoms with Crippen molar-refractivity contribution in [1.29, 1.82) is 0 Å². The number of hydrogen-bond acceptors (Lipinski definition) is 0. The average Bonchev–Trinajstić information content (AvgIpc) is 2.75. The fraction of sp³-hybridized carbons (Fsp3) is 0.429. The summed E-state index contributed by atoms with van der Waals surface area (Å²) in [6, 6.07) is 12.0. The van der Waals surface area contributed by atoms with E-state index in [-0.39, 0.29) is 10.8 Å². The van der Waals surface area contributed by atoms with Crippen molar-refractivity contribution in [3.05, 3.63) is 52.6 Å². The summed E-state index contributed by atoms with van der Waals surface area (Å²) in [7, 11) is 0. The van der Waals surface area contributed by atoms with E-state index in [0.717, 1.165) is 6.42 Å². The topological polar surface area (TPSA) is 0 Å². The van der Waals surface area contributed by atoms with Crippen LogP contribution in [0.1, 0.15) is 63.8 Å². The third-order valence-corrected chi connectivity index (χ3v) is 5.85. The van der Waals surface area contributed by atoms with E-state index in [1.54, 1.807) is 5.56 Å². The van der Waals surface area contributed by atoms with Crippen LogP contribution >= 0.6 is 0 Å². The summed E-state index contributed by atoms with van der Waals surface area (Å²) in [5, 5.41) is 0. The maximum absolute atomic E-state index is 2.45. The molecule has 0 fully saturated rings. The molecule has 3 rings (SSSR count). The van der Waals surface area contributed by atoms with Crippen LogP contribution in [0.15, 0.2) is 30.3 Å². The Morgan fingerprint density at radius 3 is 1.95 bits per heavy atom. The minimum atomic E-state index is 0.208. The molecule has 0 bridgehead atoms. The van der Waals surface area contributed by atoms with Crippen molar-refractivity contribution >= 4 is 3.27 Å². The van der Waals surface area contributed by atoms with Crippen molar-refractivity contribution < 1.29 is 24.7 Å². The molecular formula is C21H25Zr. The van der Waals surface area contributed by atoms with E-state index >= 15 is 0 Å². The Balaban J connectivity index is 2.21. The molecule has 22 heavy (non-hydrogen) atoms. The summed E-state index contributed by atoms with van der Waals surface area (Å²) in [6.45, 7) is 13.8. The molecule has 0 N–H and O–H groups in total. The molecule has 0 spiro atoms. The molecule has 0 atom stereocenters. The van der Waals surface area contributed by atoms with Crippen LogP contribution in [0.4, 0.5) is 0 Å². The molecule has 0 aromatic heterocycles. The van der Waals surface area contributed by atoms with Crippen LogP contribution in [-0.4, -0.2) is 0 Å². The van der Waals surface area contributed by atoms with Gasteiger partial charge in [0.1, 0.15) is 0 Å². The van der Waals surface area contributed by atoms with E-state index < -0.39 is 0 Å². The van der Waals surface area contributed by atoms with Crippen molar-refractivity contribution in [2.75, 3.05) is 0 Å². The SMILES string of the molecule is CC(C)(C)c1ccc2c(c1)-c1cc(C(C)(C)C)c[c]([Zr])c1C2. The third-order valence-electron chi connectivity index (χ3n) is 4.75. The Morgan fingerprint density at radius 1 is 0.773 bits per heavy atom. The zero-order chi connectivity index (χ0) is 16.3. The summed E-state index contributed by atoms with van der Waals surface area (Å²) in [6.07, 6.45) is 1.11. The molecule has 2 aromatic carbocycles. The van der Waals surface area contributed by atoms with Gasteiger partial charge in [0.05, 0.1) is 0 Å². The first-order valence-electron chi connectivity index (χ1n) is 8.10. The van der Waals surface area contributed by atoms with E-state index in [2.05, 4.69) is 71.9 Å². The van der Waals surface area contributed by atoms with E-state index in [1.807, 2.05) is 0 Å². The van der Waals surface area contributed by atoms with Gasteiger partial charge in [-0.05, 0) is 0 Å². The van der Waals surface area contributed by atoms with Gasteiger partial charge in [-0.25, -0.2) is 0 Å². The second-order valence-electron chi connectivity index (χ2n) is 8.60. The van der Waals surface area contributed by atoms with Gasteiger partial charge in [-0.1, -0.05) is 0 Å². The van der Waals surface area contributed by atoms with Crippen LogP contribution in [0.25, 0.3) is 11.1 Å². The summed E-state index contributed by atoms with van der Waals surface area (Å²) < 4.78 is 1.53. The Hall–Kier alpha value is -0.677. The van der Waals surface area contributed by atoms with Crippen LogP contribution in [0.2, 0.25) is 0 Å². The molecule has 0 saturated heterocycles. The van der Waals surface area contributed by atoms with Crippen LogP contribution in [0.5, 0.6) is 0 Å². The van der Waals surface area contributed by atoms with Crippen LogP contribution < -0.4 is 3.27 Å². The molecule has 0 nitrogen and oxygen atoms in total. The van der Waals surface area contributed by atoms with E-state index in [9.17, 15) is 0 Å². The molecule has 0 saturated carbocycles. The summed E-state index contributed by atoms with van der Waals surface area (Å²) in [5.41, 5.74) is 9.34. The van der Waals surface area contributed by atoms with Crippen molar-refractivity contribution in [3.8, 4) is 11.1 Å². The minimum absolute atomic E-state index is 0.208. The maximum atomic E-state index is 2.45. The molecule has 1 aliphatic carbocycles. The standard InChI is InChI=1S/C21H25.Zr/c1-20(2,3)16-9-7-14-11-15-8-10-17(21(4,5)6)13-19(15)18(14)12-16;/h7,9-10,12-13H,11H2,1-6H3;. The number of fused-ring (bicyclic) bond motifs is 3. The first-order valence-corrected chi connectivity index (χ1v) is 9.33. The Morgan fingerprint density at radius 2 is 1.36 bits per heavy atom. The van der Waals surface area contributed by atoms with Crippen LogP contribution in [-0.2, 0) is 42.0 Å². The van der Waals surface area contributed by atoms with Crippen molar-refractivity contribution in [1.82, 2.24) is 0 Å². The molecule has 2 aromatic rings. The third kappa shape index (κ3) is 2.78. The Labute approximate surface area is 150 Å².